The second-order valence-corrected chi connectivity index (χ2v) is 6.49. The maximum atomic E-state index is 14.4. The van der Waals surface area contributed by atoms with Crippen molar-refractivity contribution in [3.8, 4) is 11.1 Å². The first-order valence-electron chi connectivity index (χ1n) is 9.74. The van der Waals surface area contributed by atoms with Gasteiger partial charge in [-0.15, -0.1) is 0 Å². The van der Waals surface area contributed by atoms with Gasteiger partial charge in [0, 0.05) is 28.8 Å². The van der Waals surface area contributed by atoms with Crippen LogP contribution in [0.3, 0.4) is 0 Å². The zero-order chi connectivity index (χ0) is 22.0. The van der Waals surface area contributed by atoms with Crippen molar-refractivity contribution < 1.29 is 18.4 Å². The van der Waals surface area contributed by atoms with Gasteiger partial charge >= 0.3 is 0 Å². The Labute approximate surface area is 176 Å². The average Bonchev–Trinajstić information content (AvgIpc) is 3.43. The molecular weight excluding hydrogens is 391 g/mol. The molecule has 0 aliphatic heterocycles. The average molecular weight is 421 g/mol. The molecule has 0 bridgehead atoms. The van der Waals surface area contributed by atoms with Crippen molar-refractivity contribution in [1.82, 2.24) is 0 Å². The quantitative estimate of drug-likeness (QED) is 0.338. The number of nitrogens with zero attached hydrogens (tertiary/aromatic N) is 1. The molecule has 1 aromatic heterocycles. The van der Waals surface area contributed by atoms with Gasteiger partial charge in [0.25, 0.3) is 0 Å². The minimum atomic E-state index is -0.513. The van der Waals surface area contributed by atoms with Gasteiger partial charge in [0.1, 0.15) is 5.82 Å². The van der Waals surface area contributed by atoms with E-state index >= 15 is 0 Å². The smallest absolute Gasteiger partial charge is 0.155 e. The Morgan fingerprint density at radius 3 is 2.38 bits per heavy atom. The maximum absolute atomic E-state index is 14.4. The number of carbonyl (C=O) groups excluding carboxylic acids is 2. The Morgan fingerprint density at radius 1 is 1.28 bits per heavy atom. The Bertz CT molecular complexity index is 831. The van der Waals surface area contributed by atoms with Crippen LogP contribution in [0.1, 0.15) is 57.8 Å². The summed E-state index contributed by atoms with van der Waals surface area (Å²) in [5, 5.41) is 6.29. The monoisotopic (exact) mass is 420 g/mol. The number of furan rings is 1. The van der Waals surface area contributed by atoms with Crippen LogP contribution in [0.25, 0.3) is 11.1 Å². The number of hydrogen-bond acceptors (Lipinski definition) is 6. The lowest BCUT2D eigenvalue weighted by molar-refractivity contribution is -0.112. The highest BCUT2D eigenvalue weighted by Gasteiger charge is 2.33. The summed E-state index contributed by atoms with van der Waals surface area (Å²) in [4.78, 5) is 24.9. The molecular formula is C22H29FN2O3S. The summed E-state index contributed by atoms with van der Waals surface area (Å²) in [6.07, 6.45) is 6.75. The van der Waals surface area contributed by atoms with Crippen molar-refractivity contribution in [3.05, 3.63) is 53.2 Å². The predicted octanol–water partition coefficient (Wildman–Crippen LogP) is 5.96. The number of aldehydes is 1. The summed E-state index contributed by atoms with van der Waals surface area (Å²) in [5.74, 6) is -0.663. The fourth-order valence-electron chi connectivity index (χ4n) is 2.68. The molecule has 1 aliphatic rings. The normalized spacial score (nSPS) is 12.9. The van der Waals surface area contributed by atoms with Crippen molar-refractivity contribution in [1.29, 1.82) is 0 Å². The number of ketones is 1. The Morgan fingerprint density at radius 2 is 1.93 bits per heavy atom. The molecule has 1 heterocycles. The van der Waals surface area contributed by atoms with Gasteiger partial charge in [0.15, 0.2) is 12.1 Å². The topological polar surface area (TPSA) is 76.5 Å². The summed E-state index contributed by atoms with van der Waals surface area (Å²) >= 11 is 0.934. The van der Waals surface area contributed by atoms with Crippen LogP contribution >= 0.6 is 11.9 Å². The molecule has 29 heavy (non-hydrogen) atoms. The first-order chi connectivity index (χ1) is 14.0. The van der Waals surface area contributed by atoms with Crippen LogP contribution in [0, 0.1) is 5.82 Å². The number of anilines is 1. The van der Waals surface area contributed by atoms with Gasteiger partial charge in [-0.05, 0) is 49.9 Å². The summed E-state index contributed by atoms with van der Waals surface area (Å²) in [6, 6.07) is 4.58. The lowest BCUT2D eigenvalue weighted by atomic mass is 10.0. The van der Waals surface area contributed by atoms with E-state index in [2.05, 4.69) is 0 Å². The van der Waals surface area contributed by atoms with Crippen LogP contribution in [0.2, 0.25) is 0 Å². The van der Waals surface area contributed by atoms with Crippen molar-refractivity contribution in [2.45, 2.75) is 53.5 Å². The van der Waals surface area contributed by atoms with Gasteiger partial charge < -0.3 is 9.32 Å². The Kier molecular flexibility index (Phi) is 10.4. The van der Waals surface area contributed by atoms with Gasteiger partial charge in [-0.1, -0.05) is 27.7 Å². The molecule has 1 fully saturated rings. The third kappa shape index (κ3) is 6.30. The Balaban J connectivity index is 0.000000989. The highest BCUT2D eigenvalue weighted by atomic mass is 32.2. The predicted molar refractivity (Wildman–Crippen MR) is 118 cm³/mol. The molecule has 1 aliphatic carbocycles. The van der Waals surface area contributed by atoms with Crippen molar-refractivity contribution in [3.63, 3.8) is 0 Å². The molecule has 7 heteroatoms. The fraction of sp³-hybridized carbons (Fsp3) is 0.364. The molecule has 0 atom stereocenters. The minimum Gasteiger partial charge on any atom is -0.472 e. The standard InChI is InChI=1S/C18H17FN2O3S.2C2H6/c1-11(23)6-18(25-20)21(14-2-3-14)17-8-15(12-4-5-24-10-12)16(19)7-13(17)9-22;2*1-2/h4-10,14H,2-3,20H2,1H3;2*1-2H3/b18-6-;;. The van der Waals surface area contributed by atoms with E-state index in [1.54, 1.807) is 12.1 Å². The van der Waals surface area contributed by atoms with Crippen LogP contribution in [0.15, 0.2) is 46.2 Å². The molecule has 0 unspecified atom stereocenters. The van der Waals surface area contributed by atoms with Crippen LogP contribution in [-0.4, -0.2) is 18.1 Å². The maximum Gasteiger partial charge on any atom is 0.155 e. The molecule has 5 nitrogen and oxygen atoms in total. The highest BCUT2D eigenvalue weighted by molar-refractivity contribution is 8.01. The molecule has 1 aromatic carbocycles. The zero-order valence-corrected chi connectivity index (χ0v) is 18.4. The van der Waals surface area contributed by atoms with E-state index in [4.69, 9.17) is 9.56 Å². The fourth-order valence-corrected chi connectivity index (χ4v) is 3.28. The van der Waals surface area contributed by atoms with Gasteiger partial charge in [-0.3, -0.25) is 14.7 Å². The zero-order valence-electron chi connectivity index (χ0n) is 17.6. The third-order valence-electron chi connectivity index (χ3n) is 3.93. The van der Waals surface area contributed by atoms with Crippen molar-refractivity contribution in [2.24, 2.45) is 5.14 Å². The molecule has 0 radical (unpaired) electrons. The summed E-state index contributed by atoms with van der Waals surface area (Å²) in [5.41, 5.74) is 1.63. The van der Waals surface area contributed by atoms with Crippen LogP contribution in [0.4, 0.5) is 10.1 Å². The number of hydrogen-bond donors (Lipinski definition) is 1. The number of benzene rings is 1. The van der Waals surface area contributed by atoms with Gasteiger partial charge in [-0.2, -0.15) is 0 Å². The van der Waals surface area contributed by atoms with Gasteiger partial charge in [0.2, 0.25) is 0 Å². The molecule has 1 saturated carbocycles. The minimum absolute atomic E-state index is 0.128. The molecule has 158 valence electrons. The van der Waals surface area contributed by atoms with E-state index in [9.17, 15) is 14.0 Å². The summed E-state index contributed by atoms with van der Waals surface area (Å²) in [6.45, 7) is 9.43. The molecule has 0 saturated heterocycles. The largest absolute Gasteiger partial charge is 0.472 e. The first-order valence-corrected chi connectivity index (χ1v) is 10.6. The van der Waals surface area contributed by atoms with E-state index in [-0.39, 0.29) is 17.4 Å². The summed E-state index contributed by atoms with van der Waals surface area (Å²) in [7, 11) is 0. The van der Waals surface area contributed by atoms with Crippen LogP contribution < -0.4 is 10.0 Å². The lowest BCUT2D eigenvalue weighted by Crippen LogP contribution is -2.26. The van der Waals surface area contributed by atoms with Crippen molar-refractivity contribution >= 4 is 29.7 Å². The highest BCUT2D eigenvalue weighted by Crippen LogP contribution is 2.41. The first kappa shape index (κ1) is 24.7. The van der Waals surface area contributed by atoms with E-state index in [1.807, 2.05) is 32.6 Å². The molecule has 0 amide bonds. The van der Waals surface area contributed by atoms with Crippen LogP contribution in [-0.2, 0) is 4.79 Å². The van der Waals surface area contributed by atoms with E-state index < -0.39 is 5.82 Å². The SMILES string of the molecule is CC.CC.CC(=O)/C=C(\SN)N(c1cc(-c2ccoc2)c(F)cc1C=O)C1CC1. The van der Waals surface area contributed by atoms with E-state index in [0.29, 0.717) is 28.1 Å². The van der Waals surface area contributed by atoms with Crippen molar-refractivity contribution in [2.75, 3.05) is 4.90 Å². The van der Waals surface area contributed by atoms with E-state index in [1.165, 1.54) is 31.6 Å². The number of nitrogens with two attached hydrogens (primary N) is 1. The number of carbonyl (C=O) groups is 2. The molecule has 0 spiro atoms. The molecule has 2 aromatic rings. The second kappa shape index (κ2) is 12.2. The van der Waals surface area contributed by atoms with E-state index in [0.717, 1.165) is 24.8 Å². The summed E-state index contributed by atoms with van der Waals surface area (Å²) < 4.78 is 19.5. The van der Waals surface area contributed by atoms with Crippen LogP contribution in [0.5, 0.6) is 0 Å². The second-order valence-electron chi connectivity index (χ2n) is 5.83. The lowest BCUT2D eigenvalue weighted by Gasteiger charge is -2.27. The number of allylic oxidation sites excluding steroid dienone is 1. The molecule has 3 rings (SSSR count). The number of halogens is 1. The van der Waals surface area contributed by atoms with Gasteiger partial charge in [-0.25, -0.2) is 4.39 Å². The molecule has 2 N–H and O–H groups in total. The van der Waals surface area contributed by atoms with Gasteiger partial charge in [0.05, 0.1) is 23.2 Å². The Hall–Kier alpha value is -2.38. The third-order valence-corrected chi connectivity index (χ3v) is 4.49. The number of rotatable bonds is 7.